The van der Waals surface area contributed by atoms with Crippen LogP contribution < -0.4 is 16.0 Å². The lowest BCUT2D eigenvalue weighted by atomic mass is 10.2. The smallest absolute Gasteiger partial charge is 0.319 e. The molecule has 0 aliphatic carbocycles. The number of azo groups is 1. The molecule has 2 aromatic carbocycles. The van der Waals surface area contributed by atoms with Gasteiger partial charge in [0.15, 0.2) is 0 Å². The van der Waals surface area contributed by atoms with E-state index < -0.39 is 6.03 Å². The summed E-state index contributed by atoms with van der Waals surface area (Å²) in [6, 6.07) is 15.9. The number of benzene rings is 2. The standard InChI is InChI=1S/C19H23N5O2/c1-14(2)12-20-18(25)13-21-19(26)22-15-8-10-17(11-9-15)24-23-16-6-4-3-5-7-16/h3-11,14H,12-13H2,1-2H3,(H,20,25)(H2,21,22,26). The van der Waals surface area contributed by atoms with E-state index in [1.165, 1.54) is 0 Å². The van der Waals surface area contributed by atoms with Crippen molar-refractivity contribution >= 4 is 29.0 Å². The summed E-state index contributed by atoms with van der Waals surface area (Å²) in [7, 11) is 0. The van der Waals surface area contributed by atoms with Crippen molar-refractivity contribution in [2.24, 2.45) is 16.1 Å². The van der Waals surface area contributed by atoms with Gasteiger partial charge in [0.1, 0.15) is 0 Å². The molecule has 0 fully saturated rings. The molecule has 7 nitrogen and oxygen atoms in total. The van der Waals surface area contributed by atoms with Crippen molar-refractivity contribution < 1.29 is 9.59 Å². The van der Waals surface area contributed by atoms with E-state index >= 15 is 0 Å². The molecule has 2 aromatic rings. The van der Waals surface area contributed by atoms with Crippen molar-refractivity contribution in [3.05, 3.63) is 54.6 Å². The van der Waals surface area contributed by atoms with Gasteiger partial charge in [-0.15, -0.1) is 0 Å². The van der Waals surface area contributed by atoms with Crippen LogP contribution in [0.4, 0.5) is 21.9 Å². The van der Waals surface area contributed by atoms with E-state index in [9.17, 15) is 9.59 Å². The molecule has 0 saturated heterocycles. The van der Waals surface area contributed by atoms with E-state index in [0.717, 1.165) is 5.69 Å². The van der Waals surface area contributed by atoms with E-state index in [1.807, 2.05) is 44.2 Å². The number of nitrogens with zero attached hydrogens (tertiary/aromatic N) is 2. The second-order valence-electron chi connectivity index (χ2n) is 6.09. The van der Waals surface area contributed by atoms with Crippen LogP contribution >= 0.6 is 0 Å². The summed E-state index contributed by atoms with van der Waals surface area (Å²) in [5.74, 6) is 0.149. The summed E-state index contributed by atoms with van der Waals surface area (Å²) < 4.78 is 0. The molecule has 0 radical (unpaired) electrons. The third-order valence-corrected chi connectivity index (χ3v) is 3.28. The Hall–Kier alpha value is -3.22. The van der Waals surface area contributed by atoms with Gasteiger partial charge in [0, 0.05) is 12.2 Å². The maximum atomic E-state index is 11.8. The molecule has 0 bridgehead atoms. The molecule has 0 aliphatic rings. The normalized spacial score (nSPS) is 10.7. The number of urea groups is 1. The molecule has 7 heteroatoms. The monoisotopic (exact) mass is 353 g/mol. The minimum atomic E-state index is -0.441. The summed E-state index contributed by atoms with van der Waals surface area (Å²) in [5, 5.41) is 16.2. The largest absolute Gasteiger partial charge is 0.354 e. The van der Waals surface area contributed by atoms with Crippen LogP contribution in [0.1, 0.15) is 13.8 Å². The molecule has 3 amide bonds. The molecule has 0 saturated carbocycles. The van der Waals surface area contributed by atoms with E-state index in [2.05, 4.69) is 26.2 Å². The number of amides is 3. The Balaban J connectivity index is 1.78. The zero-order valence-corrected chi connectivity index (χ0v) is 14.9. The fraction of sp³-hybridized carbons (Fsp3) is 0.263. The first-order valence-corrected chi connectivity index (χ1v) is 8.41. The number of carbonyl (C=O) groups excluding carboxylic acids is 2. The number of nitrogens with one attached hydrogen (secondary N) is 3. The molecule has 0 heterocycles. The fourth-order valence-electron chi connectivity index (χ4n) is 1.94. The molecule has 0 atom stereocenters. The summed E-state index contributed by atoms with van der Waals surface area (Å²) in [5.41, 5.74) is 2.04. The van der Waals surface area contributed by atoms with E-state index in [0.29, 0.717) is 23.8 Å². The molecular weight excluding hydrogens is 330 g/mol. The van der Waals surface area contributed by atoms with Crippen LogP contribution in [0, 0.1) is 5.92 Å². The molecule has 0 aliphatic heterocycles. The van der Waals surface area contributed by atoms with Gasteiger partial charge in [-0.05, 0) is 42.3 Å². The topological polar surface area (TPSA) is 95.0 Å². The Bertz CT molecular complexity index is 742. The van der Waals surface area contributed by atoms with Gasteiger partial charge in [0.25, 0.3) is 0 Å². The summed E-state index contributed by atoms with van der Waals surface area (Å²) in [4.78, 5) is 23.4. The van der Waals surface area contributed by atoms with Crippen molar-refractivity contribution in [3.63, 3.8) is 0 Å². The zero-order chi connectivity index (χ0) is 18.8. The van der Waals surface area contributed by atoms with Crippen molar-refractivity contribution in [3.8, 4) is 0 Å². The van der Waals surface area contributed by atoms with Crippen LogP contribution in [-0.2, 0) is 4.79 Å². The number of rotatable bonds is 7. The van der Waals surface area contributed by atoms with Gasteiger partial charge in [-0.25, -0.2) is 4.79 Å². The predicted octanol–water partition coefficient (Wildman–Crippen LogP) is 4.00. The van der Waals surface area contributed by atoms with Crippen LogP contribution in [0.3, 0.4) is 0 Å². The van der Waals surface area contributed by atoms with Crippen LogP contribution in [0.15, 0.2) is 64.8 Å². The molecule has 0 unspecified atom stereocenters. The van der Waals surface area contributed by atoms with Crippen LogP contribution in [0.5, 0.6) is 0 Å². The zero-order valence-electron chi connectivity index (χ0n) is 14.9. The van der Waals surface area contributed by atoms with E-state index in [4.69, 9.17) is 0 Å². The number of anilines is 1. The highest BCUT2D eigenvalue weighted by molar-refractivity contribution is 5.92. The minimum Gasteiger partial charge on any atom is -0.354 e. The molecule has 26 heavy (non-hydrogen) atoms. The number of hydrogen-bond acceptors (Lipinski definition) is 4. The summed E-state index contributed by atoms with van der Waals surface area (Å²) >= 11 is 0. The average Bonchev–Trinajstić information content (AvgIpc) is 2.65. The van der Waals surface area contributed by atoms with Crippen LogP contribution in [-0.4, -0.2) is 25.0 Å². The third-order valence-electron chi connectivity index (χ3n) is 3.28. The van der Waals surface area contributed by atoms with Gasteiger partial charge in [-0.3, -0.25) is 4.79 Å². The lowest BCUT2D eigenvalue weighted by molar-refractivity contribution is -0.120. The fourth-order valence-corrected chi connectivity index (χ4v) is 1.94. The molecule has 3 N–H and O–H groups in total. The Morgan fingerprint density at radius 3 is 2.12 bits per heavy atom. The summed E-state index contributed by atoms with van der Waals surface area (Å²) in [6.07, 6.45) is 0. The lowest BCUT2D eigenvalue weighted by Crippen LogP contribution is -2.39. The van der Waals surface area contributed by atoms with Gasteiger partial charge < -0.3 is 16.0 Å². The Morgan fingerprint density at radius 2 is 1.50 bits per heavy atom. The highest BCUT2D eigenvalue weighted by Crippen LogP contribution is 2.19. The highest BCUT2D eigenvalue weighted by Gasteiger charge is 2.06. The maximum absolute atomic E-state index is 11.8. The average molecular weight is 353 g/mol. The number of carbonyl (C=O) groups is 2. The molecule has 0 aromatic heterocycles. The van der Waals surface area contributed by atoms with Gasteiger partial charge in [0.05, 0.1) is 17.9 Å². The van der Waals surface area contributed by atoms with Crippen molar-refractivity contribution in [1.29, 1.82) is 0 Å². The quantitative estimate of drug-likeness (QED) is 0.656. The number of hydrogen-bond donors (Lipinski definition) is 3. The first kappa shape index (κ1) is 19.1. The molecule has 136 valence electrons. The van der Waals surface area contributed by atoms with Crippen molar-refractivity contribution in [2.45, 2.75) is 13.8 Å². The van der Waals surface area contributed by atoms with Crippen molar-refractivity contribution in [1.82, 2.24) is 10.6 Å². The van der Waals surface area contributed by atoms with Crippen molar-refractivity contribution in [2.75, 3.05) is 18.4 Å². The second-order valence-corrected chi connectivity index (χ2v) is 6.09. The predicted molar refractivity (Wildman–Crippen MR) is 102 cm³/mol. The minimum absolute atomic E-state index is 0.0675. The lowest BCUT2D eigenvalue weighted by Gasteiger charge is -2.09. The Kier molecular flexibility index (Phi) is 7.30. The van der Waals surface area contributed by atoms with Gasteiger partial charge in [-0.2, -0.15) is 10.2 Å². The van der Waals surface area contributed by atoms with E-state index in [-0.39, 0.29) is 12.5 Å². The highest BCUT2D eigenvalue weighted by atomic mass is 16.2. The summed E-state index contributed by atoms with van der Waals surface area (Å²) in [6.45, 7) is 4.52. The van der Waals surface area contributed by atoms with Crippen LogP contribution in [0.2, 0.25) is 0 Å². The second kappa shape index (κ2) is 9.93. The third kappa shape index (κ3) is 7.12. The van der Waals surface area contributed by atoms with Gasteiger partial charge >= 0.3 is 6.03 Å². The SMILES string of the molecule is CC(C)CNC(=O)CNC(=O)Nc1ccc(N=Nc2ccccc2)cc1. The van der Waals surface area contributed by atoms with Crippen LogP contribution in [0.25, 0.3) is 0 Å². The van der Waals surface area contributed by atoms with Gasteiger partial charge in [0.2, 0.25) is 5.91 Å². The Labute approximate surface area is 152 Å². The first-order valence-electron chi connectivity index (χ1n) is 8.41. The van der Waals surface area contributed by atoms with E-state index in [1.54, 1.807) is 24.3 Å². The Morgan fingerprint density at radius 1 is 0.885 bits per heavy atom. The maximum Gasteiger partial charge on any atom is 0.319 e. The molecular formula is C19H23N5O2. The molecule has 0 spiro atoms. The van der Waals surface area contributed by atoms with Gasteiger partial charge in [-0.1, -0.05) is 32.0 Å². The first-order chi connectivity index (χ1) is 12.5. The molecule has 2 rings (SSSR count).